The van der Waals surface area contributed by atoms with E-state index in [1.54, 1.807) is 6.92 Å². The van der Waals surface area contributed by atoms with Crippen molar-refractivity contribution in [2.45, 2.75) is 63.9 Å². The Balaban J connectivity index is 1.01. The third kappa shape index (κ3) is 8.91. The Bertz CT molecular complexity index is 2090. The van der Waals surface area contributed by atoms with Crippen LogP contribution in [0.1, 0.15) is 66.9 Å². The van der Waals surface area contributed by atoms with E-state index in [4.69, 9.17) is 14.2 Å². The van der Waals surface area contributed by atoms with Gasteiger partial charge in [0.15, 0.2) is 6.29 Å². The number of nitrogens with zero attached hydrogens (tertiary/aromatic N) is 2. The molecule has 2 aliphatic rings. The Hall–Kier alpha value is -5.27. The molecule has 3 atom stereocenters. The van der Waals surface area contributed by atoms with E-state index in [1.165, 1.54) is 0 Å². The zero-order valence-electron chi connectivity index (χ0n) is 30.4. The van der Waals surface area contributed by atoms with Crippen molar-refractivity contribution >= 4 is 23.0 Å². The maximum absolute atomic E-state index is 12.9. The molecule has 7 rings (SSSR count). The van der Waals surface area contributed by atoms with E-state index in [0.717, 1.165) is 76.9 Å². The molecular formula is C42H47N5O7. The number of benzene rings is 4. The Labute approximate surface area is 314 Å². The highest BCUT2D eigenvalue weighted by Gasteiger charge is 2.34. The highest BCUT2D eigenvalue weighted by atomic mass is 16.7. The van der Waals surface area contributed by atoms with Gasteiger partial charge in [-0.2, -0.15) is 0 Å². The van der Waals surface area contributed by atoms with Crippen molar-refractivity contribution in [2.24, 2.45) is 0 Å². The Morgan fingerprint density at radius 1 is 0.870 bits per heavy atom. The highest BCUT2D eigenvalue weighted by molar-refractivity contribution is 5.80. The van der Waals surface area contributed by atoms with Gasteiger partial charge in [0.25, 0.3) is 0 Å². The third-order valence-corrected chi connectivity index (χ3v) is 10.2. The molecule has 2 amide bonds. The number of likely N-dealkylation sites (tertiary alicyclic amines) is 1. The summed E-state index contributed by atoms with van der Waals surface area (Å²) < 4.78 is 20.1. The number of fused-ring (bicyclic) bond motifs is 1. The first kappa shape index (κ1) is 37.1. The van der Waals surface area contributed by atoms with Crippen LogP contribution >= 0.6 is 0 Å². The van der Waals surface area contributed by atoms with Gasteiger partial charge in [-0.1, -0.05) is 78.9 Å². The molecule has 12 heteroatoms. The number of imidazole rings is 1. The standard InChI is InChI=1S/C42H47N5O7/c1-2-52-39(49)25-44-41(50)43-24-29-6-5-7-33(22-29)30-14-16-32(17-15-30)40-53-35(23-38(54-40)31-12-10-28(27-48)11-13-31)26-46-20-18-34(19-21-46)47-37-9-4-3-8-36(37)45-42(47)51/h3-17,22,34-35,38,40,48H,2,18-21,23-27H2,1H3,(H,45,51)(H2,43,44,50)/t35-,38+,40+/m0/s1. The smallest absolute Gasteiger partial charge is 0.326 e. The second kappa shape index (κ2) is 17.3. The van der Waals surface area contributed by atoms with Gasteiger partial charge in [-0.3, -0.25) is 9.36 Å². The molecule has 2 saturated heterocycles. The van der Waals surface area contributed by atoms with E-state index in [-0.39, 0.29) is 43.7 Å². The Morgan fingerprint density at radius 3 is 2.39 bits per heavy atom. The predicted molar refractivity (Wildman–Crippen MR) is 204 cm³/mol. The lowest BCUT2D eigenvalue weighted by Gasteiger charge is -2.40. The number of amides is 2. The van der Waals surface area contributed by atoms with Crippen molar-refractivity contribution in [3.8, 4) is 11.1 Å². The lowest BCUT2D eigenvalue weighted by Crippen LogP contribution is -2.43. The molecule has 54 heavy (non-hydrogen) atoms. The largest absolute Gasteiger partial charge is 0.465 e. The monoisotopic (exact) mass is 733 g/mol. The molecule has 1 aromatic heterocycles. The van der Waals surface area contributed by atoms with Gasteiger partial charge in [0.05, 0.1) is 36.5 Å². The zero-order chi connectivity index (χ0) is 37.4. The summed E-state index contributed by atoms with van der Waals surface area (Å²) in [7, 11) is 0. The molecule has 2 fully saturated rings. The fourth-order valence-electron chi connectivity index (χ4n) is 7.42. The second-order valence-corrected chi connectivity index (χ2v) is 13.9. The maximum atomic E-state index is 12.9. The molecule has 0 aliphatic carbocycles. The van der Waals surface area contributed by atoms with Gasteiger partial charge in [-0.25, -0.2) is 9.59 Å². The summed E-state index contributed by atoms with van der Waals surface area (Å²) >= 11 is 0. The van der Waals surface area contributed by atoms with E-state index in [9.17, 15) is 19.5 Å². The number of aliphatic hydroxyl groups excluding tert-OH is 1. The molecule has 282 valence electrons. The normalized spacial score (nSPS) is 19.4. The van der Waals surface area contributed by atoms with E-state index < -0.39 is 18.3 Å². The van der Waals surface area contributed by atoms with Crippen LogP contribution in [0.25, 0.3) is 22.2 Å². The third-order valence-electron chi connectivity index (χ3n) is 10.2. The van der Waals surface area contributed by atoms with Crippen LogP contribution in [0.5, 0.6) is 0 Å². The van der Waals surface area contributed by atoms with E-state index in [0.29, 0.717) is 13.0 Å². The van der Waals surface area contributed by atoms with Crippen molar-refractivity contribution < 1.29 is 28.9 Å². The first-order chi connectivity index (χ1) is 26.4. The summed E-state index contributed by atoms with van der Waals surface area (Å²) in [4.78, 5) is 42.0. The fraction of sp³-hybridized carbons (Fsp3) is 0.357. The molecule has 0 unspecified atom stereocenters. The van der Waals surface area contributed by atoms with Gasteiger partial charge < -0.3 is 39.8 Å². The number of carbonyl (C=O) groups excluding carboxylic acids is 2. The lowest BCUT2D eigenvalue weighted by molar-refractivity contribution is -0.253. The van der Waals surface area contributed by atoms with Crippen molar-refractivity contribution in [1.29, 1.82) is 0 Å². The summed E-state index contributed by atoms with van der Waals surface area (Å²) in [5.74, 6) is -0.484. The predicted octanol–water partition coefficient (Wildman–Crippen LogP) is 5.73. The summed E-state index contributed by atoms with van der Waals surface area (Å²) in [6.07, 6.45) is 1.59. The number of para-hydroxylation sites is 2. The van der Waals surface area contributed by atoms with Gasteiger partial charge in [0, 0.05) is 44.2 Å². The molecule has 4 aromatic carbocycles. The lowest BCUT2D eigenvalue weighted by atomic mass is 9.98. The van der Waals surface area contributed by atoms with Crippen LogP contribution in [-0.4, -0.2) is 70.4 Å². The number of carbonyl (C=O) groups is 2. The van der Waals surface area contributed by atoms with Crippen LogP contribution < -0.4 is 16.3 Å². The number of aromatic amines is 1. The summed E-state index contributed by atoms with van der Waals surface area (Å²) in [6, 6.07) is 31.6. The minimum atomic E-state index is -0.577. The molecule has 3 heterocycles. The van der Waals surface area contributed by atoms with Gasteiger partial charge in [0.1, 0.15) is 6.54 Å². The number of esters is 1. The van der Waals surface area contributed by atoms with Crippen LogP contribution in [0, 0.1) is 0 Å². The number of aliphatic hydroxyl groups is 1. The van der Waals surface area contributed by atoms with Gasteiger partial charge in [0.2, 0.25) is 0 Å². The number of rotatable bonds is 12. The molecular weight excluding hydrogens is 686 g/mol. The number of nitrogens with one attached hydrogen (secondary N) is 3. The van der Waals surface area contributed by atoms with Crippen molar-refractivity contribution in [1.82, 2.24) is 25.1 Å². The van der Waals surface area contributed by atoms with Gasteiger partial charge in [-0.05, 0) is 65.8 Å². The van der Waals surface area contributed by atoms with E-state index in [1.807, 2.05) is 102 Å². The number of aromatic nitrogens is 2. The van der Waals surface area contributed by atoms with E-state index in [2.05, 4.69) is 20.5 Å². The maximum Gasteiger partial charge on any atom is 0.326 e. The highest BCUT2D eigenvalue weighted by Crippen LogP contribution is 2.39. The van der Waals surface area contributed by atoms with Crippen LogP contribution in [0.3, 0.4) is 0 Å². The molecule has 4 N–H and O–H groups in total. The molecule has 0 bridgehead atoms. The molecule has 0 spiro atoms. The first-order valence-corrected chi connectivity index (χ1v) is 18.7. The molecule has 12 nitrogen and oxygen atoms in total. The Kier molecular flexibility index (Phi) is 11.8. The zero-order valence-corrected chi connectivity index (χ0v) is 30.4. The molecule has 0 radical (unpaired) electrons. The molecule has 0 saturated carbocycles. The second-order valence-electron chi connectivity index (χ2n) is 13.9. The number of hydrogen-bond acceptors (Lipinski definition) is 8. The quantitative estimate of drug-likeness (QED) is 0.119. The van der Waals surface area contributed by atoms with Crippen LogP contribution in [0.4, 0.5) is 4.79 Å². The average Bonchev–Trinajstić information content (AvgIpc) is 3.55. The number of urea groups is 1. The van der Waals surface area contributed by atoms with Crippen molar-refractivity contribution in [2.75, 3.05) is 32.8 Å². The van der Waals surface area contributed by atoms with Gasteiger partial charge in [-0.15, -0.1) is 0 Å². The summed E-state index contributed by atoms with van der Waals surface area (Å²) in [5.41, 5.74) is 7.49. The topological polar surface area (TPSA) is 147 Å². The van der Waals surface area contributed by atoms with Crippen LogP contribution in [-0.2, 0) is 32.2 Å². The van der Waals surface area contributed by atoms with Crippen molar-refractivity contribution in [3.63, 3.8) is 0 Å². The SMILES string of the molecule is CCOC(=O)CNC(=O)NCc1cccc(-c2ccc([C@@H]3O[C@H](CN4CCC(n5c(=O)[nH]c6ccccc65)CC4)C[C@H](c4ccc(CO)cc4)O3)cc2)c1. The average molecular weight is 734 g/mol. The number of hydrogen-bond donors (Lipinski definition) is 4. The van der Waals surface area contributed by atoms with Crippen molar-refractivity contribution in [3.05, 3.63) is 130 Å². The Morgan fingerprint density at radius 2 is 1.63 bits per heavy atom. The first-order valence-electron chi connectivity index (χ1n) is 18.7. The minimum Gasteiger partial charge on any atom is -0.465 e. The van der Waals surface area contributed by atoms with E-state index >= 15 is 0 Å². The molecule has 5 aromatic rings. The van der Waals surface area contributed by atoms with Crippen LogP contribution in [0.2, 0.25) is 0 Å². The summed E-state index contributed by atoms with van der Waals surface area (Å²) in [6.45, 7) is 4.54. The van der Waals surface area contributed by atoms with Gasteiger partial charge >= 0.3 is 17.7 Å². The fourth-order valence-corrected chi connectivity index (χ4v) is 7.42. The number of H-pyrrole nitrogens is 1. The molecule has 2 aliphatic heterocycles. The summed E-state index contributed by atoms with van der Waals surface area (Å²) in [5, 5.41) is 14.9. The number of ether oxygens (including phenoxy) is 3. The minimum absolute atomic E-state index is 0.0149. The van der Waals surface area contributed by atoms with Crippen LogP contribution in [0.15, 0.2) is 102 Å². The number of piperidine rings is 1.